The molecule has 3 nitrogen and oxygen atoms in total. The summed E-state index contributed by atoms with van der Waals surface area (Å²) >= 11 is 0. The zero-order valence-electron chi connectivity index (χ0n) is 8.71. The summed E-state index contributed by atoms with van der Waals surface area (Å²) < 4.78 is 0. The predicted molar refractivity (Wildman–Crippen MR) is 51.9 cm³/mol. The third kappa shape index (κ3) is 5.24. The van der Waals surface area contributed by atoms with Crippen molar-refractivity contribution in [3.8, 4) is 6.07 Å². The van der Waals surface area contributed by atoms with Gasteiger partial charge in [-0.15, -0.1) is 0 Å². The van der Waals surface area contributed by atoms with Crippen LogP contribution >= 0.6 is 0 Å². The molecule has 0 heterocycles. The van der Waals surface area contributed by atoms with Crippen molar-refractivity contribution in [3.63, 3.8) is 0 Å². The van der Waals surface area contributed by atoms with Crippen LogP contribution in [0.15, 0.2) is 0 Å². The zero-order chi connectivity index (χ0) is 10.3. The molecule has 0 aromatic rings. The minimum absolute atomic E-state index is 0.00462. The van der Waals surface area contributed by atoms with Crippen molar-refractivity contribution in [2.45, 2.75) is 33.1 Å². The molecule has 0 N–H and O–H groups in total. The fourth-order valence-corrected chi connectivity index (χ4v) is 1.36. The smallest absolute Gasteiger partial charge is 0.236 e. The topological polar surface area (TPSA) is 44.1 Å². The second kappa shape index (κ2) is 6.47. The minimum Gasteiger partial charge on any atom is -0.345 e. The first-order valence-electron chi connectivity index (χ1n) is 4.72. The Morgan fingerprint density at radius 3 is 2.69 bits per heavy atom. The van der Waals surface area contributed by atoms with Gasteiger partial charge in [0.1, 0.15) is 6.42 Å². The van der Waals surface area contributed by atoms with E-state index < -0.39 is 0 Å². The number of carbonyl (C=O) groups excluding carboxylic acids is 1. The molecule has 0 radical (unpaired) electrons. The molecule has 0 aromatic heterocycles. The highest BCUT2D eigenvalue weighted by atomic mass is 16.2. The van der Waals surface area contributed by atoms with Crippen molar-refractivity contribution in [2.75, 3.05) is 13.6 Å². The molecule has 1 amide bonds. The lowest BCUT2D eigenvalue weighted by molar-refractivity contribution is -0.129. The van der Waals surface area contributed by atoms with Gasteiger partial charge < -0.3 is 4.90 Å². The van der Waals surface area contributed by atoms with Crippen molar-refractivity contribution < 1.29 is 4.79 Å². The molecule has 0 saturated heterocycles. The lowest BCUT2D eigenvalue weighted by Gasteiger charge is -2.20. The van der Waals surface area contributed by atoms with Gasteiger partial charge in [0.05, 0.1) is 6.07 Å². The second-order valence-corrected chi connectivity index (χ2v) is 3.50. The molecular weight excluding hydrogens is 164 g/mol. The van der Waals surface area contributed by atoms with Crippen molar-refractivity contribution in [1.29, 1.82) is 5.26 Å². The van der Waals surface area contributed by atoms with Gasteiger partial charge in [-0.05, 0) is 12.3 Å². The number of nitrogens with zero attached hydrogens (tertiary/aromatic N) is 2. The monoisotopic (exact) mass is 182 g/mol. The van der Waals surface area contributed by atoms with E-state index in [4.69, 9.17) is 5.26 Å². The Balaban J connectivity index is 3.79. The molecule has 74 valence electrons. The van der Waals surface area contributed by atoms with Gasteiger partial charge in [-0.1, -0.05) is 20.3 Å². The van der Waals surface area contributed by atoms with Crippen molar-refractivity contribution in [2.24, 2.45) is 5.92 Å². The molecule has 0 bridgehead atoms. The molecule has 0 aliphatic rings. The van der Waals surface area contributed by atoms with Crippen LogP contribution in [0, 0.1) is 17.2 Å². The average Bonchev–Trinajstić information content (AvgIpc) is 2.05. The van der Waals surface area contributed by atoms with Crippen LogP contribution < -0.4 is 0 Å². The van der Waals surface area contributed by atoms with Crippen LogP contribution in [0.25, 0.3) is 0 Å². The largest absolute Gasteiger partial charge is 0.345 e. The Morgan fingerprint density at radius 1 is 1.62 bits per heavy atom. The molecule has 0 aliphatic heterocycles. The van der Waals surface area contributed by atoms with Crippen LogP contribution in [0.5, 0.6) is 0 Å². The summed E-state index contributed by atoms with van der Waals surface area (Å²) in [6, 6.07) is 1.86. The van der Waals surface area contributed by atoms with Crippen LogP contribution in [0.4, 0.5) is 0 Å². The lowest BCUT2D eigenvalue weighted by atomic mass is 10.1. The first-order valence-corrected chi connectivity index (χ1v) is 4.72. The van der Waals surface area contributed by atoms with Crippen LogP contribution in [-0.4, -0.2) is 24.4 Å². The summed E-state index contributed by atoms with van der Waals surface area (Å²) in [4.78, 5) is 12.8. The van der Waals surface area contributed by atoms with Gasteiger partial charge in [0.15, 0.2) is 0 Å². The molecule has 0 unspecified atom stereocenters. The van der Waals surface area contributed by atoms with Crippen molar-refractivity contribution >= 4 is 5.91 Å². The molecule has 13 heavy (non-hydrogen) atoms. The summed E-state index contributed by atoms with van der Waals surface area (Å²) in [5.74, 6) is 0.447. The molecule has 0 aliphatic carbocycles. The van der Waals surface area contributed by atoms with Crippen molar-refractivity contribution in [1.82, 2.24) is 4.90 Å². The maximum atomic E-state index is 11.2. The molecule has 0 aromatic carbocycles. The van der Waals surface area contributed by atoms with E-state index in [0.29, 0.717) is 5.92 Å². The highest BCUT2D eigenvalue weighted by Crippen LogP contribution is 2.06. The summed E-state index contributed by atoms with van der Waals surface area (Å²) in [6.07, 6.45) is 2.26. The molecular formula is C10H18N2O. The summed E-state index contributed by atoms with van der Waals surface area (Å²) in [5.41, 5.74) is 0. The Labute approximate surface area is 80.3 Å². The number of hydrogen-bond donors (Lipinski definition) is 0. The van der Waals surface area contributed by atoms with E-state index in [1.54, 1.807) is 11.9 Å². The number of nitriles is 1. The SMILES string of the molecule is CCC[C@@H](C)CN(C)C(=O)CC#N. The highest BCUT2D eigenvalue weighted by Gasteiger charge is 2.10. The van der Waals surface area contributed by atoms with Crippen LogP contribution in [-0.2, 0) is 4.79 Å². The molecule has 0 spiro atoms. The standard InChI is InChI=1S/C10H18N2O/c1-4-5-9(2)8-12(3)10(13)6-7-11/h9H,4-6,8H2,1-3H3/t9-/m1/s1. The normalized spacial score (nSPS) is 11.8. The molecule has 0 rings (SSSR count). The minimum atomic E-state index is -0.0783. The first-order chi connectivity index (χ1) is 6.11. The van der Waals surface area contributed by atoms with E-state index in [-0.39, 0.29) is 12.3 Å². The third-order valence-corrected chi connectivity index (χ3v) is 2.02. The Hall–Kier alpha value is -1.04. The molecule has 3 heteroatoms. The summed E-state index contributed by atoms with van der Waals surface area (Å²) in [5, 5.41) is 8.33. The maximum Gasteiger partial charge on any atom is 0.236 e. The number of hydrogen-bond acceptors (Lipinski definition) is 2. The highest BCUT2D eigenvalue weighted by molar-refractivity contribution is 5.77. The predicted octanol–water partition coefficient (Wildman–Crippen LogP) is 1.79. The summed E-state index contributed by atoms with van der Waals surface area (Å²) in [6.45, 7) is 5.02. The number of carbonyl (C=O) groups is 1. The second-order valence-electron chi connectivity index (χ2n) is 3.50. The fraction of sp³-hybridized carbons (Fsp3) is 0.800. The Bertz CT molecular complexity index is 196. The van der Waals surface area contributed by atoms with Crippen LogP contribution in [0.3, 0.4) is 0 Å². The van der Waals surface area contributed by atoms with E-state index in [2.05, 4.69) is 13.8 Å². The van der Waals surface area contributed by atoms with Gasteiger partial charge >= 0.3 is 0 Å². The molecule has 0 saturated carbocycles. The Morgan fingerprint density at radius 2 is 2.23 bits per heavy atom. The van der Waals surface area contributed by atoms with Gasteiger partial charge in [-0.3, -0.25) is 4.79 Å². The fourth-order valence-electron chi connectivity index (χ4n) is 1.36. The van der Waals surface area contributed by atoms with Gasteiger partial charge in [-0.25, -0.2) is 0 Å². The van der Waals surface area contributed by atoms with Gasteiger partial charge in [0.25, 0.3) is 0 Å². The van der Waals surface area contributed by atoms with E-state index >= 15 is 0 Å². The van der Waals surface area contributed by atoms with Crippen molar-refractivity contribution in [3.05, 3.63) is 0 Å². The van der Waals surface area contributed by atoms with Gasteiger partial charge in [-0.2, -0.15) is 5.26 Å². The third-order valence-electron chi connectivity index (χ3n) is 2.02. The van der Waals surface area contributed by atoms with Gasteiger partial charge in [0, 0.05) is 13.6 Å². The maximum absolute atomic E-state index is 11.2. The zero-order valence-corrected chi connectivity index (χ0v) is 8.71. The number of amides is 1. The van der Waals surface area contributed by atoms with E-state index in [1.807, 2.05) is 6.07 Å². The number of rotatable bonds is 5. The van der Waals surface area contributed by atoms with E-state index in [0.717, 1.165) is 19.4 Å². The van der Waals surface area contributed by atoms with E-state index in [1.165, 1.54) is 0 Å². The van der Waals surface area contributed by atoms with Gasteiger partial charge in [0.2, 0.25) is 5.91 Å². The lowest BCUT2D eigenvalue weighted by Crippen LogP contribution is -2.30. The van der Waals surface area contributed by atoms with E-state index in [9.17, 15) is 4.79 Å². The molecule has 1 atom stereocenters. The first kappa shape index (κ1) is 12.0. The Kier molecular flexibility index (Phi) is 5.96. The quantitative estimate of drug-likeness (QED) is 0.650. The molecule has 0 fully saturated rings. The van der Waals surface area contributed by atoms with Crippen LogP contribution in [0.2, 0.25) is 0 Å². The average molecular weight is 182 g/mol. The van der Waals surface area contributed by atoms with Crippen LogP contribution in [0.1, 0.15) is 33.1 Å². The summed E-state index contributed by atoms with van der Waals surface area (Å²) in [7, 11) is 1.76.